The number of methoxy groups -OCH3 is 1. The van der Waals surface area contributed by atoms with Gasteiger partial charge in [0.05, 0.1) is 13.7 Å². The fourth-order valence-electron chi connectivity index (χ4n) is 2.45. The smallest absolute Gasteiger partial charge is 0.251 e. The molecule has 3 aromatic rings. The average Bonchev–Trinajstić information content (AvgIpc) is 3.12. The minimum Gasteiger partial charge on any atom is -0.493 e. The van der Waals surface area contributed by atoms with Crippen molar-refractivity contribution in [2.24, 2.45) is 5.73 Å². The van der Waals surface area contributed by atoms with Crippen LogP contribution in [0, 0.1) is 12.7 Å². The number of hydrogen-bond acceptors (Lipinski definition) is 7. The largest absolute Gasteiger partial charge is 0.493 e. The highest BCUT2D eigenvalue weighted by Crippen LogP contribution is 2.33. The molecule has 0 radical (unpaired) electrons. The Hall–Kier alpha value is -3.17. The lowest BCUT2D eigenvalue weighted by molar-refractivity contribution is 0.0949. The molecule has 0 aliphatic carbocycles. The lowest BCUT2D eigenvalue weighted by atomic mass is 10.1. The van der Waals surface area contributed by atoms with Crippen LogP contribution in [0.2, 0.25) is 0 Å². The van der Waals surface area contributed by atoms with Crippen molar-refractivity contribution in [1.82, 2.24) is 15.6 Å². The first-order chi connectivity index (χ1) is 13.5. The first kappa shape index (κ1) is 22.1. The molecule has 0 bridgehead atoms. The number of carbonyl (C=O) groups excluding carboxylic acids is 1. The second kappa shape index (κ2) is 9.85. The van der Waals surface area contributed by atoms with Gasteiger partial charge in [0.15, 0.2) is 23.1 Å². The van der Waals surface area contributed by atoms with Crippen molar-refractivity contribution in [3.8, 4) is 17.2 Å². The van der Waals surface area contributed by atoms with Crippen molar-refractivity contribution in [1.29, 1.82) is 0 Å². The first-order valence-electron chi connectivity index (χ1n) is 8.42. The molecule has 2 aromatic carbocycles. The summed E-state index contributed by atoms with van der Waals surface area (Å²) in [5.41, 5.74) is 7.58. The third-order valence-electron chi connectivity index (χ3n) is 4.04. The summed E-state index contributed by atoms with van der Waals surface area (Å²) >= 11 is 0. The van der Waals surface area contributed by atoms with Crippen LogP contribution in [0.5, 0.6) is 17.2 Å². The van der Waals surface area contributed by atoms with Crippen LogP contribution < -0.4 is 20.5 Å². The molecule has 0 aliphatic rings. The van der Waals surface area contributed by atoms with Gasteiger partial charge in [-0.05, 0) is 42.8 Å². The molecule has 0 atom stereocenters. The summed E-state index contributed by atoms with van der Waals surface area (Å²) in [6.07, 6.45) is 0. The number of hydrogen-bond donors (Lipinski definition) is 2. The standard InChI is InChI=1S/C19H19FN4O4.ClH/c1-11-15(24-28-23-11)10-22-19(25)13-4-6-17(26-2)18(8-13)27-16-5-3-12(9-21)7-14(16)20;/h3-8H,9-10,21H2,1-2H3,(H,22,25);1H. The Kier molecular flexibility index (Phi) is 7.52. The summed E-state index contributed by atoms with van der Waals surface area (Å²) in [5.74, 6) is -0.371. The van der Waals surface area contributed by atoms with Crippen LogP contribution in [-0.4, -0.2) is 23.3 Å². The van der Waals surface area contributed by atoms with Crippen molar-refractivity contribution in [3.05, 3.63) is 64.7 Å². The van der Waals surface area contributed by atoms with Crippen molar-refractivity contribution >= 4 is 18.3 Å². The van der Waals surface area contributed by atoms with Crippen LogP contribution in [-0.2, 0) is 13.1 Å². The number of rotatable bonds is 7. The van der Waals surface area contributed by atoms with Gasteiger partial charge in [0.2, 0.25) is 0 Å². The fraction of sp³-hybridized carbons (Fsp3) is 0.211. The fourth-order valence-corrected chi connectivity index (χ4v) is 2.45. The van der Waals surface area contributed by atoms with Gasteiger partial charge in [0.1, 0.15) is 11.4 Å². The van der Waals surface area contributed by atoms with Crippen LogP contribution in [0.1, 0.15) is 27.3 Å². The molecule has 154 valence electrons. The zero-order valence-electron chi connectivity index (χ0n) is 15.8. The monoisotopic (exact) mass is 422 g/mol. The Morgan fingerprint density at radius 1 is 1.17 bits per heavy atom. The van der Waals surface area contributed by atoms with Gasteiger partial charge in [-0.25, -0.2) is 9.02 Å². The lowest BCUT2D eigenvalue weighted by Crippen LogP contribution is -2.23. The Bertz CT molecular complexity index is 996. The molecule has 1 heterocycles. The normalized spacial score (nSPS) is 10.2. The molecule has 0 saturated heterocycles. The highest BCUT2D eigenvalue weighted by molar-refractivity contribution is 5.94. The summed E-state index contributed by atoms with van der Waals surface area (Å²) in [6.45, 7) is 2.10. The quantitative estimate of drug-likeness (QED) is 0.601. The third kappa shape index (κ3) is 5.21. The van der Waals surface area contributed by atoms with E-state index in [0.717, 1.165) is 0 Å². The van der Waals surface area contributed by atoms with Crippen LogP contribution in [0.4, 0.5) is 4.39 Å². The summed E-state index contributed by atoms with van der Waals surface area (Å²) in [5, 5.41) is 10.1. The highest BCUT2D eigenvalue weighted by Gasteiger charge is 2.15. The predicted molar refractivity (Wildman–Crippen MR) is 105 cm³/mol. The summed E-state index contributed by atoms with van der Waals surface area (Å²) in [7, 11) is 1.45. The second-order valence-electron chi connectivity index (χ2n) is 5.92. The maximum absolute atomic E-state index is 14.2. The van der Waals surface area contributed by atoms with Gasteiger partial charge in [-0.2, -0.15) is 0 Å². The molecule has 0 unspecified atom stereocenters. The highest BCUT2D eigenvalue weighted by atomic mass is 35.5. The van der Waals surface area contributed by atoms with E-state index in [4.69, 9.17) is 15.2 Å². The lowest BCUT2D eigenvalue weighted by Gasteiger charge is -2.13. The SMILES string of the molecule is COc1ccc(C(=O)NCc2nonc2C)cc1Oc1ccc(CN)cc1F.Cl. The van der Waals surface area contributed by atoms with E-state index in [2.05, 4.69) is 20.3 Å². The van der Waals surface area contributed by atoms with Crippen LogP contribution in [0.3, 0.4) is 0 Å². The molecule has 3 N–H and O–H groups in total. The number of nitrogens with two attached hydrogens (primary N) is 1. The number of benzene rings is 2. The minimum atomic E-state index is -0.561. The number of halogens is 2. The molecule has 29 heavy (non-hydrogen) atoms. The van der Waals surface area contributed by atoms with Crippen LogP contribution >= 0.6 is 12.4 Å². The number of carbonyl (C=O) groups is 1. The number of aryl methyl sites for hydroxylation is 1. The molecule has 1 amide bonds. The van der Waals surface area contributed by atoms with E-state index >= 15 is 0 Å². The van der Waals surface area contributed by atoms with Gasteiger partial charge < -0.3 is 20.5 Å². The van der Waals surface area contributed by atoms with E-state index in [9.17, 15) is 9.18 Å². The van der Waals surface area contributed by atoms with E-state index in [-0.39, 0.29) is 42.9 Å². The number of nitrogens with one attached hydrogen (secondary N) is 1. The van der Waals surface area contributed by atoms with Gasteiger partial charge in [-0.15, -0.1) is 12.4 Å². The summed E-state index contributed by atoms with van der Waals surface area (Å²) in [6, 6.07) is 9.05. The van der Waals surface area contributed by atoms with Crippen LogP contribution in [0.15, 0.2) is 41.0 Å². The van der Waals surface area contributed by atoms with Crippen molar-refractivity contribution < 1.29 is 23.3 Å². The maximum Gasteiger partial charge on any atom is 0.251 e. The van der Waals surface area contributed by atoms with Gasteiger partial charge in [-0.1, -0.05) is 16.4 Å². The second-order valence-corrected chi connectivity index (χ2v) is 5.92. The zero-order chi connectivity index (χ0) is 20.1. The molecule has 0 aliphatic heterocycles. The number of amides is 1. The zero-order valence-corrected chi connectivity index (χ0v) is 16.6. The molecule has 0 spiro atoms. The summed E-state index contributed by atoms with van der Waals surface area (Å²) in [4.78, 5) is 12.4. The van der Waals surface area contributed by atoms with E-state index in [1.165, 1.54) is 25.3 Å². The third-order valence-corrected chi connectivity index (χ3v) is 4.04. The predicted octanol–water partition coefficient (Wildman–Crippen LogP) is 3.13. The van der Waals surface area contributed by atoms with Gasteiger partial charge >= 0.3 is 0 Å². The molecular formula is C19H20ClFN4O4. The van der Waals surface area contributed by atoms with E-state index in [1.807, 2.05) is 0 Å². The van der Waals surface area contributed by atoms with Crippen molar-refractivity contribution in [2.75, 3.05) is 7.11 Å². The minimum absolute atomic E-state index is 0. The maximum atomic E-state index is 14.2. The first-order valence-corrected chi connectivity index (χ1v) is 8.42. The Morgan fingerprint density at radius 3 is 2.55 bits per heavy atom. The van der Waals surface area contributed by atoms with E-state index < -0.39 is 5.82 Å². The average molecular weight is 423 g/mol. The molecule has 3 rings (SSSR count). The summed E-state index contributed by atoms with van der Waals surface area (Å²) < 4.78 is 29.7. The van der Waals surface area contributed by atoms with Crippen molar-refractivity contribution in [3.63, 3.8) is 0 Å². The molecule has 0 saturated carbocycles. The molecular weight excluding hydrogens is 403 g/mol. The number of aromatic nitrogens is 2. The molecule has 0 fully saturated rings. The number of nitrogens with zero attached hydrogens (tertiary/aromatic N) is 2. The Morgan fingerprint density at radius 2 is 1.93 bits per heavy atom. The van der Waals surface area contributed by atoms with Crippen molar-refractivity contribution in [2.45, 2.75) is 20.0 Å². The van der Waals surface area contributed by atoms with E-state index in [1.54, 1.807) is 25.1 Å². The van der Waals surface area contributed by atoms with Gasteiger partial charge in [0, 0.05) is 12.1 Å². The Balaban J connectivity index is 0.00000300. The van der Waals surface area contributed by atoms with Gasteiger partial charge in [0.25, 0.3) is 5.91 Å². The Labute approximate surface area is 172 Å². The topological polar surface area (TPSA) is 112 Å². The van der Waals surface area contributed by atoms with Gasteiger partial charge in [-0.3, -0.25) is 4.79 Å². The number of ether oxygens (including phenoxy) is 2. The molecule has 10 heteroatoms. The van der Waals surface area contributed by atoms with E-state index in [0.29, 0.717) is 28.3 Å². The molecule has 8 nitrogen and oxygen atoms in total. The van der Waals surface area contributed by atoms with Crippen LogP contribution in [0.25, 0.3) is 0 Å². The molecule has 1 aromatic heterocycles.